The molecule has 0 unspecified atom stereocenters. The van der Waals surface area contributed by atoms with Crippen molar-refractivity contribution >= 4 is 6.29 Å². The second-order valence-electron chi connectivity index (χ2n) is 2.43. The van der Waals surface area contributed by atoms with E-state index in [1.807, 2.05) is 6.07 Å². The van der Waals surface area contributed by atoms with Crippen molar-refractivity contribution in [3.63, 3.8) is 0 Å². The van der Waals surface area contributed by atoms with Crippen LogP contribution in [0.5, 0.6) is 0 Å². The highest BCUT2D eigenvalue weighted by atomic mass is 16.1. The molecule has 2 aliphatic rings. The van der Waals surface area contributed by atoms with Gasteiger partial charge in [0.15, 0.2) is 6.29 Å². The first kappa shape index (κ1) is 6.91. The maximum absolute atomic E-state index is 10.4. The summed E-state index contributed by atoms with van der Waals surface area (Å²) in [5.41, 5.74) is 2.15. The Bertz CT molecular complexity index is 361. The molecule has 2 aliphatic heterocycles. The van der Waals surface area contributed by atoms with E-state index < -0.39 is 0 Å². The highest BCUT2D eigenvalue weighted by Gasteiger charge is 2.04. The summed E-state index contributed by atoms with van der Waals surface area (Å²) in [6, 6.07) is 5.34. The Morgan fingerprint density at radius 2 is 2.42 bits per heavy atom. The van der Waals surface area contributed by atoms with Gasteiger partial charge in [-0.15, -0.1) is 0 Å². The fraction of sp³-hybridized carbons (Fsp3) is 0. The monoisotopic (exact) mass is 159 g/mol. The summed E-state index contributed by atoms with van der Waals surface area (Å²) >= 11 is 0. The molecule has 0 aliphatic carbocycles. The molecule has 3 heteroatoms. The van der Waals surface area contributed by atoms with Crippen LogP contribution in [-0.2, 0) is 0 Å². The minimum Gasteiger partial charge on any atom is -0.296 e. The Morgan fingerprint density at radius 3 is 3.25 bits per heavy atom. The molecule has 0 aromatic heterocycles. The number of hydrogen-bond donors (Lipinski definition) is 0. The van der Waals surface area contributed by atoms with Gasteiger partial charge < -0.3 is 0 Å². The zero-order valence-electron chi connectivity index (χ0n) is 7.27. The van der Waals surface area contributed by atoms with Gasteiger partial charge in [-0.25, -0.2) is 4.98 Å². The lowest BCUT2D eigenvalue weighted by molar-refractivity contribution is 0.111. The largest absolute Gasteiger partial charge is 1.00 e. The second-order valence-corrected chi connectivity index (χ2v) is 2.43. The van der Waals surface area contributed by atoms with E-state index in [4.69, 9.17) is 0 Å². The minimum atomic E-state index is 0. The van der Waals surface area contributed by atoms with Gasteiger partial charge in [-0.05, 0) is 18.2 Å². The highest BCUT2D eigenvalue weighted by Crippen LogP contribution is 2.18. The molecule has 2 heterocycles. The fourth-order valence-corrected chi connectivity index (χ4v) is 1.07. The molecule has 2 rings (SSSR count). The number of carbonyl (C=O) groups is 1. The van der Waals surface area contributed by atoms with E-state index in [1.165, 1.54) is 0 Å². The van der Waals surface area contributed by atoms with Crippen LogP contribution in [0.4, 0.5) is 0 Å². The van der Waals surface area contributed by atoms with Gasteiger partial charge in [0.2, 0.25) is 0 Å². The van der Waals surface area contributed by atoms with Crippen molar-refractivity contribution in [2.45, 2.75) is 0 Å². The normalized spacial score (nSPS) is 10.0. The molecule has 0 amide bonds. The molecule has 3 nitrogen and oxygen atoms in total. The van der Waals surface area contributed by atoms with E-state index in [2.05, 4.69) is 9.97 Å². The maximum Gasteiger partial charge on any atom is 1.00 e. The first-order chi connectivity index (χ1) is 5.90. The Morgan fingerprint density at radius 1 is 1.50 bits per heavy atom. The first-order valence-corrected chi connectivity index (χ1v) is 3.56. The molecule has 0 radical (unpaired) electrons. The van der Waals surface area contributed by atoms with Crippen molar-refractivity contribution in [1.82, 2.24) is 9.97 Å². The third kappa shape index (κ3) is 1.05. The SMILES string of the molecule is O=Cc1cc2cncccc-2n1.[H+]. The van der Waals surface area contributed by atoms with Gasteiger partial charge in [0.05, 0.1) is 5.69 Å². The quantitative estimate of drug-likeness (QED) is 0.592. The first-order valence-electron chi connectivity index (χ1n) is 3.56. The molecule has 0 fully saturated rings. The van der Waals surface area contributed by atoms with Crippen LogP contribution in [0.25, 0.3) is 11.3 Å². The van der Waals surface area contributed by atoms with Gasteiger partial charge >= 0.3 is 1.43 Å². The predicted octanol–water partition coefficient (Wildman–Crippen LogP) is 1.51. The molecule has 0 saturated heterocycles. The molecule has 0 aromatic carbocycles. The Labute approximate surface area is 70.9 Å². The van der Waals surface area contributed by atoms with Crippen LogP contribution >= 0.6 is 0 Å². The Balaban J connectivity index is 0.000000845. The summed E-state index contributed by atoms with van der Waals surface area (Å²) < 4.78 is 0. The number of rotatable bonds is 1. The van der Waals surface area contributed by atoms with Crippen LogP contribution in [0.15, 0.2) is 30.6 Å². The topological polar surface area (TPSA) is 42.9 Å². The van der Waals surface area contributed by atoms with E-state index in [1.54, 1.807) is 24.5 Å². The molecular formula is C9H7N2O+. The molecule has 0 N–H and O–H groups in total. The van der Waals surface area contributed by atoms with E-state index in [-0.39, 0.29) is 1.43 Å². The average molecular weight is 159 g/mol. The number of hydrogen-bond acceptors (Lipinski definition) is 3. The Kier molecular flexibility index (Phi) is 1.55. The van der Waals surface area contributed by atoms with Crippen molar-refractivity contribution in [2.24, 2.45) is 0 Å². The number of fused-ring (bicyclic) bond motifs is 1. The van der Waals surface area contributed by atoms with Crippen LogP contribution in [0.3, 0.4) is 0 Å². The van der Waals surface area contributed by atoms with Crippen LogP contribution in [0, 0.1) is 0 Å². The van der Waals surface area contributed by atoms with Crippen molar-refractivity contribution < 1.29 is 6.22 Å². The third-order valence-corrected chi connectivity index (χ3v) is 1.61. The molecule has 0 atom stereocenters. The van der Waals surface area contributed by atoms with Gasteiger partial charge in [0.1, 0.15) is 5.69 Å². The van der Waals surface area contributed by atoms with Gasteiger partial charge in [0.25, 0.3) is 0 Å². The molecule has 0 aromatic rings. The lowest BCUT2D eigenvalue weighted by Gasteiger charge is -1.82. The van der Waals surface area contributed by atoms with Crippen LogP contribution in [0.1, 0.15) is 11.9 Å². The maximum atomic E-state index is 10.4. The Hall–Kier alpha value is -1.77. The number of carbonyl (C=O) groups excluding carboxylic acids is 1. The number of aromatic nitrogens is 2. The van der Waals surface area contributed by atoms with Gasteiger partial charge in [-0.3, -0.25) is 9.78 Å². The molecular weight excluding hydrogens is 152 g/mol. The summed E-state index contributed by atoms with van der Waals surface area (Å²) in [6.07, 6.45) is 4.11. The van der Waals surface area contributed by atoms with Crippen LogP contribution in [0.2, 0.25) is 0 Å². The number of aldehydes is 1. The molecule has 58 valence electrons. The minimum absolute atomic E-state index is 0. The standard InChI is InChI=1S/C9H6N2O/c12-6-8-4-7-5-10-3-1-2-9(7)11-8/h1-6H/p+1. The summed E-state index contributed by atoms with van der Waals surface area (Å²) in [4.78, 5) is 18.4. The van der Waals surface area contributed by atoms with Crippen LogP contribution < -0.4 is 0 Å². The van der Waals surface area contributed by atoms with Crippen molar-refractivity contribution in [2.75, 3.05) is 0 Å². The average Bonchev–Trinajstić information content (AvgIpc) is 2.37. The van der Waals surface area contributed by atoms with E-state index >= 15 is 0 Å². The molecule has 0 bridgehead atoms. The van der Waals surface area contributed by atoms with Crippen molar-refractivity contribution in [1.29, 1.82) is 0 Å². The zero-order valence-corrected chi connectivity index (χ0v) is 6.27. The summed E-state index contributed by atoms with van der Waals surface area (Å²) in [6.45, 7) is 0. The van der Waals surface area contributed by atoms with Gasteiger partial charge in [-0.2, -0.15) is 0 Å². The van der Waals surface area contributed by atoms with E-state index in [9.17, 15) is 4.79 Å². The zero-order chi connectivity index (χ0) is 8.39. The van der Waals surface area contributed by atoms with Gasteiger partial charge in [-0.1, -0.05) is 0 Å². The predicted molar refractivity (Wildman–Crippen MR) is 45.2 cm³/mol. The van der Waals surface area contributed by atoms with E-state index in [0.717, 1.165) is 17.5 Å². The summed E-state index contributed by atoms with van der Waals surface area (Å²) in [5, 5.41) is 0. The molecule has 12 heavy (non-hydrogen) atoms. The van der Waals surface area contributed by atoms with E-state index in [0.29, 0.717) is 5.69 Å². The smallest absolute Gasteiger partial charge is 0.296 e. The van der Waals surface area contributed by atoms with Crippen molar-refractivity contribution in [3.8, 4) is 11.3 Å². The second kappa shape index (κ2) is 2.70. The summed E-state index contributed by atoms with van der Waals surface area (Å²) in [5.74, 6) is 0. The number of nitrogens with zero attached hydrogens (tertiary/aromatic N) is 2. The molecule has 0 spiro atoms. The lowest BCUT2D eigenvalue weighted by atomic mass is 10.2. The third-order valence-electron chi connectivity index (χ3n) is 1.61. The lowest BCUT2D eigenvalue weighted by Crippen LogP contribution is -1.74. The molecule has 0 saturated carbocycles. The van der Waals surface area contributed by atoms with Crippen molar-refractivity contribution in [3.05, 3.63) is 36.3 Å². The fourth-order valence-electron chi connectivity index (χ4n) is 1.07. The van der Waals surface area contributed by atoms with Crippen LogP contribution in [-0.4, -0.2) is 16.3 Å². The summed E-state index contributed by atoms with van der Waals surface area (Å²) in [7, 11) is 0. The highest BCUT2D eigenvalue weighted by molar-refractivity contribution is 5.78. The van der Waals surface area contributed by atoms with Gasteiger partial charge in [0, 0.05) is 18.0 Å².